The monoisotopic (exact) mass is 181 g/mol. The summed E-state index contributed by atoms with van der Waals surface area (Å²) in [6.07, 6.45) is 0.865. The highest BCUT2D eigenvalue weighted by atomic mass is 16.5. The third-order valence-electron chi connectivity index (χ3n) is 2.62. The average molecular weight is 181 g/mol. The van der Waals surface area contributed by atoms with E-state index in [1.165, 1.54) is 0 Å². The first-order chi connectivity index (χ1) is 6.24. The summed E-state index contributed by atoms with van der Waals surface area (Å²) in [6.45, 7) is 3.80. The minimum atomic E-state index is -0.0235. The number of aryl methyl sites for hydroxylation is 1. The molecule has 13 heavy (non-hydrogen) atoms. The van der Waals surface area contributed by atoms with Crippen molar-refractivity contribution in [1.29, 1.82) is 0 Å². The molecular weight excluding hydrogens is 166 g/mol. The number of methoxy groups -OCH3 is 1. The minimum Gasteiger partial charge on any atom is -0.466 e. The van der Waals surface area contributed by atoms with E-state index in [1.807, 2.05) is 19.1 Å². The van der Waals surface area contributed by atoms with Gasteiger partial charge in [0, 0.05) is 26.6 Å². The predicted octanol–water partition coefficient (Wildman–Crippen LogP) is 1.12. The Morgan fingerprint density at radius 2 is 2.31 bits per heavy atom. The van der Waals surface area contributed by atoms with Crippen LogP contribution in [0.1, 0.15) is 11.5 Å². The number of hydrogen-bond acceptors (Lipinski definition) is 3. The van der Waals surface area contributed by atoms with Gasteiger partial charge in [0.1, 0.15) is 11.5 Å². The third-order valence-corrected chi connectivity index (χ3v) is 2.62. The standard InChI is InChI=1S/C10H15NO2/c1-8-3-4-9(13-8)5-10(12-2)6-11-7-10/h3-4,11H,5-7H2,1-2H3. The minimum absolute atomic E-state index is 0.0235. The van der Waals surface area contributed by atoms with Gasteiger partial charge in [0.05, 0.1) is 5.60 Å². The second-order valence-electron chi connectivity index (χ2n) is 3.68. The summed E-state index contributed by atoms with van der Waals surface area (Å²) in [4.78, 5) is 0. The van der Waals surface area contributed by atoms with Crippen molar-refractivity contribution in [3.8, 4) is 0 Å². The molecule has 1 saturated heterocycles. The van der Waals surface area contributed by atoms with Gasteiger partial charge >= 0.3 is 0 Å². The fourth-order valence-electron chi connectivity index (χ4n) is 1.64. The van der Waals surface area contributed by atoms with Crippen molar-refractivity contribution >= 4 is 0 Å². The van der Waals surface area contributed by atoms with Crippen LogP contribution >= 0.6 is 0 Å². The van der Waals surface area contributed by atoms with E-state index in [0.29, 0.717) is 0 Å². The molecule has 0 bridgehead atoms. The van der Waals surface area contributed by atoms with Crippen molar-refractivity contribution < 1.29 is 9.15 Å². The van der Waals surface area contributed by atoms with Crippen molar-refractivity contribution in [1.82, 2.24) is 5.32 Å². The molecule has 0 aliphatic carbocycles. The van der Waals surface area contributed by atoms with Crippen molar-refractivity contribution in [2.75, 3.05) is 20.2 Å². The lowest BCUT2D eigenvalue weighted by Gasteiger charge is -2.40. The number of ether oxygens (including phenoxy) is 1. The molecule has 1 N–H and O–H groups in total. The molecule has 0 unspecified atom stereocenters. The van der Waals surface area contributed by atoms with Gasteiger partial charge in [-0.2, -0.15) is 0 Å². The molecule has 3 heteroatoms. The zero-order chi connectivity index (χ0) is 9.31. The summed E-state index contributed by atoms with van der Waals surface area (Å²) in [7, 11) is 1.76. The highest BCUT2D eigenvalue weighted by Gasteiger charge is 2.37. The summed E-state index contributed by atoms with van der Waals surface area (Å²) in [5, 5.41) is 3.21. The number of hydrogen-bond donors (Lipinski definition) is 1. The Morgan fingerprint density at radius 1 is 1.54 bits per heavy atom. The highest BCUT2D eigenvalue weighted by Crippen LogP contribution is 2.22. The van der Waals surface area contributed by atoms with Crippen LogP contribution in [0.4, 0.5) is 0 Å². The Kier molecular flexibility index (Phi) is 2.14. The smallest absolute Gasteiger partial charge is 0.107 e. The van der Waals surface area contributed by atoms with E-state index in [1.54, 1.807) is 7.11 Å². The van der Waals surface area contributed by atoms with E-state index < -0.39 is 0 Å². The van der Waals surface area contributed by atoms with Crippen molar-refractivity contribution in [2.45, 2.75) is 18.9 Å². The van der Waals surface area contributed by atoms with Gasteiger partial charge in [-0.25, -0.2) is 0 Å². The van der Waals surface area contributed by atoms with Gasteiger partial charge in [-0.15, -0.1) is 0 Å². The lowest BCUT2D eigenvalue weighted by atomic mass is 9.91. The van der Waals surface area contributed by atoms with Crippen LogP contribution in [0.2, 0.25) is 0 Å². The van der Waals surface area contributed by atoms with Gasteiger partial charge in [-0.3, -0.25) is 0 Å². The topological polar surface area (TPSA) is 34.4 Å². The van der Waals surface area contributed by atoms with Crippen molar-refractivity contribution in [3.63, 3.8) is 0 Å². The summed E-state index contributed by atoms with van der Waals surface area (Å²) in [5.41, 5.74) is -0.0235. The molecule has 0 aromatic carbocycles. The van der Waals surface area contributed by atoms with Crippen LogP contribution in [0, 0.1) is 6.92 Å². The maximum absolute atomic E-state index is 5.51. The number of nitrogens with one attached hydrogen (secondary N) is 1. The molecule has 72 valence electrons. The van der Waals surface area contributed by atoms with Crippen molar-refractivity contribution in [2.24, 2.45) is 0 Å². The van der Waals surface area contributed by atoms with Crippen LogP contribution in [0.5, 0.6) is 0 Å². The Hall–Kier alpha value is -0.800. The van der Waals surface area contributed by atoms with Gasteiger partial charge in [0.15, 0.2) is 0 Å². The Bertz CT molecular complexity index is 283. The molecule has 1 aromatic heterocycles. The van der Waals surface area contributed by atoms with E-state index in [9.17, 15) is 0 Å². The molecule has 1 aromatic rings. The fourth-order valence-corrected chi connectivity index (χ4v) is 1.64. The molecule has 3 nitrogen and oxygen atoms in total. The first-order valence-corrected chi connectivity index (χ1v) is 4.55. The normalized spacial score (nSPS) is 19.8. The van der Waals surface area contributed by atoms with Gasteiger partial charge in [-0.05, 0) is 19.1 Å². The molecule has 2 heterocycles. The molecule has 0 amide bonds. The quantitative estimate of drug-likeness (QED) is 0.758. The summed E-state index contributed by atoms with van der Waals surface area (Å²) >= 11 is 0. The molecular formula is C10H15NO2. The van der Waals surface area contributed by atoms with Crippen LogP contribution in [-0.4, -0.2) is 25.8 Å². The molecule has 0 radical (unpaired) electrons. The third kappa shape index (κ3) is 1.62. The van der Waals surface area contributed by atoms with Crippen molar-refractivity contribution in [3.05, 3.63) is 23.7 Å². The number of rotatable bonds is 3. The van der Waals surface area contributed by atoms with Crippen LogP contribution in [-0.2, 0) is 11.2 Å². The summed E-state index contributed by atoms with van der Waals surface area (Å²) in [6, 6.07) is 4.01. The van der Waals surface area contributed by atoms with E-state index >= 15 is 0 Å². The van der Waals surface area contributed by atoms with E-state index in [4.69, 9.17) is 9.15 Å². The average Bonchev–Trinajstić information content (AvgIpc) is 2.44. The Morgan fingerprint density at radius 3 is 2.69 bits per heavy atom. The van der Waals surface area contributed by atoms with Gasteiger partial charge in [-0.1, -0.05) is 0 Å². The molecule has 1 aliphatic rings. The largest absolute Gasteiger partial charge is 0.466 e. The Balaban J connectivity index is 2.04. The van der Waals surface area contributed by atoms with E-state index in [0.717, 1.165) is 31.0 Å². The molecule has 2 rings (SSSR count). The fraction of sp³-hybridized carbons (Fsp3) is 0.600. The zero-order valence-electron chi connectivity index (χ0n) is 8.09. The maximum Gasteiger partial charge on any atom is 0.107 e. The molecule has 0 atom stereocenters. The predicted molar refractivity (Wildman–Crippen MR) is 49.8 cm³/mol. The zero-order valence-corrected chi connectivity index (χ0v) is 8.09. The van der Waals surface area contributed by atoms with Crippen LogP contribution in [0.3, 0.4) is 0 Å². The highest BCUT2D eigenvalue weighted by molar-refractivity contribution is 5.11. The Labute approximate surface area is 78.1 Å². The maximum atomic E-state index is 5.51. The van der Waals surface area contributed by atoms with Gasteiger partial charge in [0.25, 0.3) is 0 Å². The SMILES string of the molecule is COC1(Cc2ccc(C)o2)CNC1. The number of furan rings is 1. The van der Waals surface area contributed by atoms with Crippen LogP contribution in [0.25, 0.3) is 0 Å². The molecule has 0 saturated carbocycles. The molecule has 1 aliphatic heterocycles. The van der Waals surface area contributed by atoms with E-state index in [2.05, 4.69) is 5.32 Å². The lowest BCUT2D eigenvalue weighted by Crippen LogP contribution is -2.61. The molecule has 1 fully saturated rings. The van der Waals surface area contributed by atoms with Gasteiger partial charge < -0.3 is 14.5 Å². The van der Waals surface area contributed by atoms with Gasteiger partial charge in [0.2, 0.25) is 0 Å². The first kappa shape index (κ1) is 8.78. The summed E-state index contributed by atoms with van der Waals surface area (Å²) in [5.74, 6) is 1.98. The second-order valence-corrected chi connectivity index (χ2v) is 3.68. The lowest BCUT2D eigenvalue weighted by molar-refractivity contribution is -0.0534. The second kappa shape index (κ2) is 3.16. The molecule has 0 spiro atoms. The first-order valence-electron chi connectivity index (χ1n) is 4.55. The van der Waals surface area contributed by atoms with E-state index in [-0.39, 0.29) is 5.60 Å². The summed E-state index contributed by atoms with van der Waals surface area (Å²) < 4.78 is 11.0. The van der Waals surface area contributed by atoms with Crippen LogP contribution in [0.15, 0.2) is 16.5 Å². The van der Waals surface area contributed by atoms with Crippen LogP contribution < -0.4 is 5.32 Å².